The van der Waals surface area contributed by atoms with Crippen LogP contribution >= 0.6 is 23.2 Å². The van der Waals surface area contributed by atoms with Crippen LogP contribution < -0.4 is 0 Å². The van der Waals surface area contributed by atoms with E-state index in [4.69, 9.17) is 23.2 Å². The van der Waals surface area contributed by atoms with Crippen molar-refractivity contribution in [2.45, 2.75) is 44.3 Å². The molecule has 2 heterocycles. The zero-order valence-electron chi connectivity index (χ0n) is 13.6. The van der Waals surface area contributed by atoms with E-state index in [0.29, 0.717) is 12.1 Å². The first-order valence-corrected chi connectivity index (χ1v) is 9.43. The summed E-state index contributed by atoms with van der Waals surface area (Å²) in [6, 6.07) is 17.6. The van der Waals surface area contributed by atoms with Gasteiger partial charge in [0.15, 0.2) is 0 Å². The highest BCUT2D eigenvalue weighted by Gasteiger charge is 2.34. The molecule has 0 N–H and O–H groups in total. The Morgan fingerprint density at radius 2 is 1.67 bits per heavy atom. The Hall–Kier alpha value is -1.28. The molecule has 2 bridgehead atoms. The first-order chi connectivity index (χ1) is 11.7. The van der Waals surface area contributed by atoms with Crippen molar-refractivity contribution in [1.29, 1.82) is 0 Å². The van der Waals surface area contributed by atoms with Gasteiger partial charge in [-0.1, -0.05) is 72.1 Å². The number of hydrogen-bond donors (Lipinski definition) is 0. The van der Waals surface area contributed by atoms with E-state index in [2.05, 4.69) is 41.3 Å². The van der Waals surface area contributed by atoms with Gasteiger partial charge in [0.1, 0.15) is 0 Å². The number of nitrogens with zero attached hydrogens (tertiary/aromatic N) is 1. The molecule has 1 nitrogen and oxygen atoms in total. The zero-order chi connectivity index (χ0) is 16.5. The minimum Gasteiger partial charge on any atom is -0.289 e. The summed E-state index contributed by atoms with van der Waals surface area (Å²) in [5.74, 6) is 0. The molecule has 0 radical (unpaired) electrons. The predicted octanol–water partition coefficient (Wildman–Crippen LogP) is 6.20. The lowest BCUT2D eigenvalue weighted by molar-refractivity contribution is 0.0951. The van der Waals surface area contributed by atoms with Crippen LogP contribution in [0.25, 0.3) is 5.57 Å². The second-order valence-corrected chi connectivity index (χ2v) is 7.62. The van der Waals surface area contributed by atoms with Gasteiger partial charge in [-0.05, 0) is 42.5 Å². The molecule has 1 saturated heterocycles. The van der Waals surface area contributed by atoms with Crippen LogP contribution in [-0.4, -0.2) is 17.0 Å². The normalized spacial score (nSPS) is 23.8. The maximum atomic E-state index is 6.45. The van der Waals surface area contributed by atoms with Crippen molar-refractivity contribution in [2.75, 3.05) is 0 Å². The van der Waals surface area contributed by atoms with Crippen LogP contribution in [-0.2, 0) is 6.54 Å². The molecule has 1 fully saturated rings. The molecule has 0 amide bonds. The number of fused-ring (bicyclic) bond motifs is 2. The van der Waals surface area contributed by atoms with Gasteiger partial charge in [0, 0.05) is 34.2 Å². The molecule has 0 aromatic heterocycles. The van der Waals surface area contributed by atoms with E-state index in [1.807, 2.05) is 18.2 Å². The van der Waals surface area contributed by atoms with Crippen molar-refractivity contribution in [3.8, 4) is 0 Å². The lowest BCUT2D eigenvalue weighted by Crippen LogP contribution is -2.47. The molecular formula is C21H21Cl2N. The number of halogens is 2. The second-order valence-electron chi connectivity index (χ2n) is 6.80. The van der Waals surface area contributed by atoms with E-state index in [9.17, 15) is 0 Å². The Morgan fingerprint density at radius 1 is 0.917 bits per heavy atom. The Kier molecular flexibility index (Phi) is 4.67. The van der Waals surface area contributed by atoms with E-state index in [-0.39, 0.29) is 0 Å². The highest BCUT2D eigenvalue weighted by molar-refractivity contribution is 6.37. The lowest BCUT2D eigenvalue weighted by Gasteiger charge is -2.45. The average Bonchev–Trinajstić information content (AvgIpc) is 2.56. The van der Waals surface area contributed by atoms with Crippen molar-refractivity contribution in [3.05, 3.63) is 75.8 Å². The minimum atomic E-state index is 0.486. The Morgan fingerprint density at radius 3 is 2.38 bits per heavy atom. The molecule has 4 rings (SSSR count). The van der Waals surface area contributed by atoms with Gasteiger partial charge in [-0.15, -0.1) is 0 Å². The van der Waals surface area contributed by atoms with Gasteiger partial charge in [-0.2, -0.15) is 0 Å². The van der Waals surface area contributed by atoms with E-state index >= 15 is 0 Å². The van der Waals surface area contributed by atoms with Gasteiger partial charge in [-0.3, -0.25) is 4.90 Å². The first-order valence-electron chi connectivity index (χ1n) is 8.67. The number of rotatable bonds is 3. The maximum Gasteiger partial charge on any atom is 0.0496 e. The van der Waals surface area contributed by atoms with Crippen LogP contribution in [0.3, 0.4) is 0 Å². The molecule has 0 spiro atoms. The van der Waals surface area contributed by atoms with Crippen LogP contribution in [0.5, 0.6) is 0 Å². The van der Waals surface area contributed by atoms with Crippen LogP contribution in [0.1, 0.15) is 36.8 Å². The molecule has 3 heteroatoms. The quantitative estimate of drug-likeness (QED) is 0.631. The molecule has 124 valence electrons. The summed E-state index contributed by atoms with van der Waals surface area (Å²) in [7, 11) is 0. The van der Waals surface area contributed by atoms with Gasteiger partial charge < -0.3 is 0 Å². The van der Waals surface area contributed by atoms with E-state index in [0.717, 1.165) is 28.6 Å². The number of benzene rings is 2. The third kappa shape index (κ3) is 3.13. The van der Waals surface area contributed by atoms with Crippen LogP contribution in [0.15, 0.2) is 54.6 Å². The summed E-state index contributed by atoms with van der Waals surface area (Å²) in [5, 5.41) is 1.53. The summed E-state index contributed by atoms with van der Waals surface area (Å²) in [5.41, 5.74) is 3.75. The summed E-state index contributed by atoms with van der Waals surface area (Å²) >= 11 is 12.9. The molecule has 24 heavy (non-hydrogen) atoms. The maximum absolute atomic E-state index is 6.45. The molecule has 2 unspecified atom stereocenters. The Balaban J connectivity index is 1.65. The Labute approximate surface area is 153 Å². The van der Waals surface area contributed by atoms with E-state index in [1.54, 1.807) is 0 Å². The summed E-state index contributed by atoms with van der Waals surface area (Å²) in [4.78, 5) is 2.66. The van der Waals surface area contributed by atoms with Gasteiger partial charge in [-0.25, -0.2) is 0 Å². The Bertz CT molecular complexity index is 733. The zero-order valence-corrected chi connectivity index (χ0v) is 15.1. The summed E-state index contributed by atoms with van der Waals surface area (Å²) in [6.45, 7) is 1.02. The van der Waals surface area contributed by atoms with Crippen molar-refractivity contribution in [3.63, 3.8) is 0 Å². The second kappa shape index (κ2) is 6.92. The van der Waals surface area contributed by atoms with Crippen LogP contribution in [0.2, 0.25) is 10.0 Å². The molecule has 2 atom stereocenters. The molecule has 0 aliphatic carbocycles. The minimum absolute atomic E-state index is 0.486. The molecular weight excluding hydrogens is 337 g/mol. The summed E-state index contributed by atoms with van der Waals surface area (Å²) in [6.07, 6.45) is 7.22. The largest absolute Gasteiger partial charge is 0.289 e. The average molecular weight is 358 g/mol. The molecule has 2 aromatic rings. The SMILES string of the molecule is Clc1cccc(Cl)c1C1=CC2CCCC(C1)N2Cc1ccccc1. The van der Waals surface area contributed by atoms with E-state index < -0.39 is 0 Å². The fourth-order valence-corrected chi connectivity index (χ4v) is 4.79. The number of hydrogen-bond acceptors (Lipinski definition) is 1. The van der Waals surface area contributed by atoms with Gasteiger partial charge in [0.05, 0.1) is 0 Å². The topological polar surface area (TPSA) is 3.24 Å². The third-order valence-corrected chi connectivity index (χ3v) is 5.90. The standard InChI is InChI=1S/C21H21Cl2N/c22-19-10-5-11-20(23)21(19)16-12-17-8-4-9-18(13-16)24(17)14-15-6-2-1-3-7-15/h1-3,5-7,10-12,17-18H,4,8-9,13-14H2. The third-order valence-electron chi connectivity index (χ3n) is 5.27. The van der Waals surface area contributed by atoms with Crippen LogP contribution in [0.4, 0.5) is 0 Å². The van der Waals surface area contributed by atoms with Crippen molar-refractivity contribution >= 4 is 28.8 Å². The molecule has 0 saturated carbocycles. The highest BCUT2D eigenvalue weighted by Crippen LogP contribution is 2.41. The van der Waals surface area contributed by atoms with Crippen LogP contribution in [0, 0.1) is 0 Å². The molecule has 2 aliphatic heterocycles. The lowest BCUT2D eigenvalue weighted by atomic mass is 9.82. The van der Waals surface area contributed by atoms with Crippen molar-refractivity contribution in [2.24, 2.45) is 0 Å². The molecule has 2 aliphatic rings. The molecule has 2 aromatic carbocycles. The monoisotopic (exact) mass is 357 g/mol. The summed E-state index contributed by atoms with van der Waals surface area (Å²) < 4.78 is 0. The smallest absolute Gasteiger partial charge is 0.0496 e. The van der Waals surface area contributed by atoms with Gasteiger partial charge in [0.2, 0.25) is 0 Å². The van der Waals surface area contributed by atoms with Crippen molar-refractivity contribution in [1.82, 2.24) is 4.90 Å². The highest BCUT2D eigenvalue weighted by atomic mass is 35.5. The fourth-order valence-electron chi connectivity index (χ4n) is 4.15. The van der Waals surface area contributed by atoms with Gasteiger partial charge >= 0.3 is 0 Å². The first kappa shape index (κ1) is 16.2. The van der Waals surface area contributed by atoms with Gasteiger partial charge in [0.25, 0.3) is 0 Å². The fraction of sp³-hybridized carbons (Fsp3) is 0.333. The number of piperidine rings is 1. The predicted molar refractivity (Wildman–Crippen MR) is 102 cm³/mol. The van der Waals surface area contributed by atoms with E-state index in [1.165, 1.54) is 30.4 Å². The van der Waals surface area contributed by atoms with Crippen molar-refractivity contribution < 1.29 is 0 Å².